The number of halogens is 2. The number of nitro groups is 1. The van der Waals surface area contributed by atoms with Crippen molar-refractivity contribution in [1.29, 1.82) is 0 Å². The van der Waals surface area contributed by atoms with E-state index in [1.807, 2.05) is 0 Å². The molecule has 2 aromatic carbocycles. The molecule has 1 saturated heterocycles. The lowest BCUT2D eigenvalue weighted by Gasteiger charge is -2.16. The van der Waals surface area contributed by atoms with E-state index in [1.54, 1.807) is 0 Å². The van der Waals surface area contributed by atoms with Crippen LogP contribution < -0.4 is 5.32 Å². The molecule has 1 amide bonds. The molecule has 0 aromatic heterocycles. The molecule has 0 unspecified atom stereocenters. The average molecular weight is 444 g/mol. The zero-order chi connectivity index (χ0) is 20.5. The predicted molar refractivity (Wildman–Crippen MR) is 106 cm³/mol. The fourth-order valence-corrected chi connectivity index (χ4v) is 4.74. The van der Waals surface area contributed by atoms with Gasteiger partial charge >= 0.3 is 0 Å². The minimum absolute atomic E-state index is 0.0183. The lowest BCUT2D eigenvalue weighted by Crippen LogP contribution is -2.28. The SMILES string of the molecule is O=C(Nc1cc([N+](=O)[O-])ccc1Cl)c1cc(S(=O)(=O)N2CCCC2)ccc1Cl. The first-order valence-electron chi connectivity index (χ1n) is 8.25. The van der Waals surface area contributed by atoms with Crippen molar-refractivity contribution in [3.8, 4) is 0 Å². The van der Waals surface area contributed by atoms with Gasteiger partial charge in [0.05, 0.1) is 31.1 Å². The highest BCUT2D eigenvalue weighted by molar-refractivity contribution is 7.89. The van der Waals surface area contributed by atoms with E-state index in [4.69, 9.17) is 23.2 Å². The van der Waals surface area contributed by atoms with Crippen molar-refractivity contribution in [2.75, 3.05) is 18.4 Å². The van der Waals surface area contributed by atoms with E-state index in [2.05, 4.69) is 5.32 Å². The lowest BCUT2D eigenvalue weighted by molar-refractivity contribution is -0.384. The van der Waals surface area contributed by atoms with Crippen LogP contribution >= 0.6 is 23.2 Å². The van der Waals surface area contributed by atoms with Crippen LogP contribution in [0, 0.1) is 10.1 Å². The van der Waals surface area contributed by atoms with Crippen LogP contribution in [0.2, 0.25) is 10.0 Å². The number of benzene rings is 2. The molecule has 28 heavy (non-hydrogen) atoms. The van der Waals surface area contributed by atoms with Gasteiger partial charge in [-0.3, -0.25) is 14.9 Å². The molecule has 11 heteroatoms. The third kappa shape index (κ3) is 4.12. The monoisotopic (exact) mass is 443 g/mol. The Morgan fingerprint density at radius 3 is 2.36 bits per heavy atom. The van der Waals surface area contributed by atoms with Crippen LogP contribution in [0.1, 0.15) is 23.2 Å². The Labute approximate surface area is 171 Å². The average Bonchev–Trinajstić information content (AvgIpc) is 3.19. The summed E-state index contributed by atoms with van der Waals surface area (Å²) in [6.45, 7) is 0.853. The van der Waals surface area contributed by atoms with Gasteiger partial charge in [0.25, 0.3) is 11.6 Å². The molecular formula is C17H15Cl2N3O5S. The van der Waals surface area contributed by atoms with Crippen LogP contribution in [0.3, 0.4) is 0 Å². The molecule has 0 aliphatic carbocycles. The van der Waals surface area contributed by atoms with Crippen LogP contribution in [-0.4, -0.2) is 36.6 Å². The number of rotatable bonds is 5. The van der Waals surface area contributed by atoms with Crippen molar-refractivity contribution in [3.05, 3.63) is 62.1 Å². The summed E-state index contributed by atoms with van der Waals surface area (Å²) in [4.78, 5) is 22.9. The Balaban J connectivity index is 1.92. The number of anilines is 1. The number of non-ortho nitro benzene ring substituents is 1. The number of carbonyl (C=O) groups is 1. The van der Waals surface area contributed by atoms with Gasteiger partial charge in [0, 0.05) is 25.2 Å². The summed E-state index contributed by atoms with van der Waals surface area (Å²) in [7, 11) is -3.73. The van der Waals surface area contributed by atoms with E-state index in [9.17, 15) is 23.3 Å². The van der Waals surface area contributed by atoms with Crippen molar-refractivity contribution in [2.24, 2.45) is 0 Å². The summed E-state index contributed by atoms with van der Waals surface area (Å²) in [6.07, 6.45) is 1.57. The van der Waals surface area contributed by atoms with Gasteiger partial charge in [-0.25, -0.2) is 8.42 Å². The number of nitrogens with zero attached hydrogens (tertiary/aromatic N) is 2. The van der Waals surface area contributed by atoms with Crippen molar-refractivity contribution in [1.82, 2.24) is 4.31 Å². The first-order chi connectivity index (χ1) is 13.2. The van der Waals surface area contributed by atoms with Crippen molar-refractivity contribution >= 4 is 50.5 Å². The maximum atomic E-state index is 12.7. The molecule has 148 valence electrons. The molecule has 3 rings (SSSR count). The third-order valence-corrected chi connectivity index (χ3v) is 6.85. The molecule has 0 atom stereocenters. The molecular weight excluding hydrogens is 429 g/mol. The van der Waals surface area contributed by atoms with E-state index in [1.165, 1.54) is 34.6 Å². The molecule has 1 aliphatic rings. The van der Waals surface area contributed by atoms with Gasteiger partial charge in [0.2, 0.25) is 10.0 Å². The third-order valence-electron chi connectivity index (χ3n) is 4.29. The molecule has 2 aromatic rings. The largest absolute Gasteiger partial charge is 0.320 e. The zero-order valence-electron chi connectivity index (χ0n) is 14.4. The van der Waals surface area contributed by atoms with Crippen LogP contribution in [0.4, 0.5) is 11.4 Å². The van der Waals surface area contributed by atoms with Crippen molar-refractivity contribution < 1.29 is 18.1 Å². The van der Waals surface area contributed by atoms with Gasteiger partial charge in [-0.15, -0.1) is 0 Å². The van der Waals surface area contributed by atoms with Crippen LogP contribution in [-0.2, 0) is 10.0 Å². The first-order valence-corrected chi connectivity index (χ1v) is 10.4. The fourth-order valence-electron chi connectivity index (χ4n) is 2.83. The molecule has 1 heterocycles. The number of hydrogen-bond acceptors (Lipinski definition) is 5. The van der Waals surface area contributed by atoms with Crippen LogP contribution in [0.5, 0.6) is 0 Å². The van der Waals surface area contributed by atoms with Gasteiger partial charge in [-0.2, -0.15) is 4.31 Å². The van der Waals surface area contributed by atoms with Crippen LogP contribution in [0.15, 0.2) is 41.3 Å². The maximum Gasteiger partial charge on any atom is 0.271 e. The Morgan fingerprint density at radius 2 is 1.71 bits per heavy atom. The smallest absolute Gasteiger partial charge is 0.271 e. The summed E-state index contributed by atoms with van der Waals surface area (Å²) < 4.78 is 26.8. The molecule has 0 radical (unpaired) electrons. The molecule has 1 N–H and O–H groups in total. The number of carbonyl (C=O) groups excluding carboxylic acids is 1. The van der Waals surface area contributed by atoms with Gasteiger partial charge in [0.15, 0.2) is 0 Å². The Kier molecular flexibility index (Phi) is 5.90. The summed E-state index contributed by atoms with van der Waals surface area (Å²) >= 11 is 12.1. The van der Waals surface area contributed by atoms with E-state index in [0.29, 0.717) is 13.1 Å². The maximum absolute atomic E-state index is 12.7. The van der Waals surface area contributed by atoms with E-state index in [0.717, 1.165) is 18.9 Å². The highest BCUT2D eigenvalue weighted by Crippen LogP contribution is 2.29. The summed E-state index contributed by atoms with van der Waals surface area (Å²) in [5.41, 5.74) is -0.314. The number of nitro benzene ring substituents is 1. The predicted octanol–water partition coefficient (Wildman–Crippen LogP) is 3.94. The Bertz CT molecular complexity index is 1050. The normalized spacial score (nSPS) is 14.8. The highest BCUT2D eigenvalue weighted by atomic mass is 35.5. The van der Waals surface area contributed by atoms with Gasteiger partial charge in [0.1, 0.15) is 0 Å². The zero-order valence-corrected chi connectivity index (χ0v) is 16.7. The number of hydrogen-bond donors (Lipinski definition) is 1. The fraction of sp³-hybridized carbons (Fsp3) is 0.235. The molecule has 8 nitrogen and oxygen atoms in total. The summed E-state index contributed by atoms with van der Waals surface area (Å²) in [6, 6.07) is 7.45. The summed E-state index contributed by atoms with van der Waals surface area (Å²) in [5.74, 6) is -0.731. The lowest BCUT2D eigenvalue weighted by atomic mass is 10.2. The number of nitrogens with one attached hydrogen (secondary N) is 1. The molecule has 1 aliphatic heterocycles. The molecule has 0 bridgehead atoms. The van der Waals surface area contributed by atoms with Crippen molar-refractivity contribution in [2.45, 2.75) is 17.7 Å². The minimum Gasteiger partial charge on any atom is -0.320 e. The second-order valence-corrected chi connectivity index (χ2v) is 8.88. The highest BCUT2D eigenvalue weighted by Gasteiger charge is 2.28. The van der Waals surface area contributed by atoms with E-state index >= 15 is 0 Å². The standard InChI is InChI=1S/C17H15Cl2N3O5S/c18-14-6-4-12(28(26,27)21-7-1-2-8-21)10-13(14)17(23)20-16-9-11(22(24)25)3-5-15(16)19/h3-6,9-10H,1-2,7-8H2,(H,20,23). The molecule has 0 spiro atoms. The van der Waals surface area contributed by atoms with Crippen LogP contribution in [0.25, 0.3) is 0 Å². The van der Waals surface area contributed by atoms with Gasteiger partial charge in [-0.05, 0) is 37.1 Å². The quantitative estimate of drug-likeness (QED) is 0.555. The number of amides is 1. The first kappa shape index (κ1) is 20.5. The van der Waals surface area contributed by atoms with E-state index in [-0.39, 0.29) is 31.9 Å². The second-order valence-electron chi connectivity index (χ2n) is 6.13. The van der Waals surface area contributed by atoms with Gasteiger partial charge in [-0.1, -0.05) is 23.2 Å². The summed E-state index contributed by atoms with van der Waals surface area (Å²) in [5, 5.41) is 13.5. The number of sulfonamides is 1. The second kappa shape index (κ2) is 8.04. The Morgan fingerprint density at radius 1 is 1.07 bits per heavy atom. The van der Waals surface area contributed by atoms with E-state index < -0.39 is 20.9 Å². The topological polar surface area (TPSA) is 110 Å². The molecule has 0 saturated carbocycles. The minimum atomic E-state index is -3.73. The van der Waals surface area contributed by atoms with Crippen molar-refractivity contribution in [3.63, 3.8) is 0 Å². The Hall–Kier alpha value is -2.20. The van der Waals surface area contributed by atoms with Gasteiger partial charge < -0.3 is 5.32 Å². The molecule has 1 fully saturated rings.